The second kappa shape index (κ2) is 4.09. The van der Waals surface area contributed by atoms with Gasteiger partial charge in [-0.15, -0.1) is 0 Å². The zero-order valence-corrected chi connectivity index (χ0v) is 8.72. The molecule has 1 heterocycles. The Kier molecular flexibility index (Phi) is 3.31. The fraction of sp³-hybridized carbons (Fsp3) is 0.900. The highest BCUT2D eigenvalue weighted by Gasteiger charge is 2.21. The van der Waals surface area contributed by atoms with Gasteiger partial charge < -0.3 is 10.1 Å². The van der Waals surface area contributed by atoms with Crippen molar-refractivity contribution in [2.24, 2.45) is 5.41 Å². The van der Waals surface area contributed by atoms with Crippen molar-refractivity contribution in [1.82, 2.24) is 5.32 Å². The van der Waals surface area contributed by atoms with Gasteiger partial charge in [-0.3, -0.25) is 4.79 Å². The fourth-order valence-electron chi connectivity index (χ4n) is 1.41. The molecule has 0 aliphatic carbocycles. The maximum absolute atomic E-state index is 11.4. The molecule has 3 heteroatoms. The molecule has 0 aromatic heterocycles. The molecule has 0 saturated carbocycles. The lowest BCUT2D eigenvalue weighted by atomic mass is 9.92. The summed E-state index contributed by atoms with van der Waals surface area (Å²) in [6, 6.07) is 0.245. The van der Waals surface area contributed by atoms with E-state index in [1.165, 1.54) is 0 Å². The molecule has 1 saturated heterocycles. The van der Waals surface area contributed by atoms with Crippen LogP contribution in [0.3, 0.4) is 0 Å². The van der Waals surface area contributed by atoms with E-state index in [9.17, 15) is 4.79 Å². The van der Waals surface area contributed by atoms with E-state index in [2.05, 4.69) is 26.1 Å². The molecule has 1 aliphatic heterocycles. The van der Waals surface area contributed by atoms with E-state index >= 15 is 0 Å². The lowest BCUT2D eigenvalue weighted by molar-refractivity contribution is -0.123. The molecule has 0 bridgehead atoms. The van der Waals surface area contributed by atoms with Crippen LogP contribution in [0.5, 0.6) is 0 Å². The van der Waals surface area contributed by atoms with Crippen LogP contribution in [0.15, 0.2) is 0 Å². The zero-order valence-electron chi connectivity index (χ0n) is 8.72. The van der Waals surface area contributed by atoms with Gasteiger partial charge in [-0.2, -0.15) is 0 Å². The second-order valence-corrected chi connectivity index (χ2v) is 4.87. The molecule has 1 unspecified atom stereocenters. The maximum Gasteiger partial charge on any atom is 0.220 e. The van der Waals surface area contributed by atoms with Crippen molar-refractivity contribution in [3.05, 3.63) is 0 Å². The number of ether oxygens (including phenoxy) is 1. The van der Waals surface area contributed by atoms with Gasteiger partial charge in [0.15, 0.2) is 0 Å². The predicted octanol–water partition coefficient (Wildman–Crippen LogP) is 1.33. The van der Waals surface area contributed by atoms with Crippen molar-refractivity contribution in [1.29, 1.82) is 0 Å². The van der Waals surface area contributed by atoms with Crippen molar-refractivity contribution in [2.45, 2.75) is 39.7 Å². The van der Waals surface area contributed by atoms with Crippen LogP contribution in [-0.2, 0) is 9.53 Å². The summed E-state index contributed by atoms with van der Waals surface area (Å²) in [5.74, 6) is 0.142. The largest absolute Gasteiger partial charge is 0.379 e. The van der Waals surface area contributed by atoms with E-state index in [0.29, 0.717) is 13.0 Å². The molecule has 3 nitrogen and oxygen atoms in total. The van der Waals surface area contributed by atoms with Crippen LogP contribution in [0.25, 0.3) is 0 Å². The van der Waals surface area contributed by atoms with E-state index in [1.807, 2.05) is 0 Å². The number of nitrogens with one attached hydrogen (secondary N) is 1. The van der Waals surface area contributed by atoms with Crippen LogP contribution in [0.1, 0.15) is 33.6 Å². The Hall–Kier alpha value is -0.570. The summed E-state index contributed by atoms with van der Waals surface area (Å²) in [6.45, 7) is 7.66. The van der Waals surface area contributed by atoms with Gasteiger partial charge in [-0.1, -0.05) is 20.8 Å². The first-order valence-corrected chi connectivity index (χ1v) is 4.84. The Morgan fingerprint density at radius 1 is 1.54 bits per heavy atom. The Morgan fingerprint density at radius 3 is 2.69 bits per heavy atom. The maximum atomic E-state index is 11.4. The Morgan fingerprint density at radius 2 is 2.23 bits per heavy atom. The molecule has 13 heavy (non-hydrogen) atoms. The van der Waals surface area contributed by atoms with Crippen LogP contribution in [0.4, 0.5) is 0 Å². The second-order valence-electron chi connectivity index (χ2n) is 4.87. The average Bonchev–Trinajstić information content (AvgIpc) is 2.34. The number of carbonyl (C=O) groups excluding carboxylic acids is 1. The molecule has 0 aromatic carbocycles. The van der Waals surface area contributed by atoms with E-state index in [4.69, 9.17) is 4.74 Å². The summed E-state index contributed by atoms with van der Waals surface area (Å²) in [7, 11) is 0. The monoisotopic (exact) mass is 185 g/mol. The molecule has 1 fully saturated rings. The van der Waals surface area contributed by atoms with Crippen LogP contribution < -0.4 is 5.32 Å². The number of hydrogen-bond donors (Lipinski definition) is 1. The average molecular weight is 185 g/mol. The quantitative estimate of drug-likeness (QED) is 0.704. The molecule has 1 amide bonds. The summed E-state index contributed by atoms with van der Waals surface area (Å²) in [6.07, 6.45) is 1.54. The Balaban J connectivity index is 2.24. The summed E-state index contributed by atoms with van der Waals surface area (Å²) in [5, 5.41) is 2.97. The molecule has 1 N–H and O–H groups in total. The molecular formula is C10H19NO2. The first-order chi connectivity index (χ1) is 5.97. The lowest BCUT2D eigenvalue weighted by Crippen LogP contribution is -2.36. The minimum atomic E-state index is 0.0730. The fourth-order valence-corrected chi connectivity index (χ4v) is 1.41. The van der Waals surface area contributed by atoms with Crippen molar-refractivity contribution < 1.29 is 9.53 Å². The number of amides is 1. The SMILES string of the molecule is CC(C)(C)CC(=O)NC1CCOC1. The van der Waals surface area contributed by atoms with Gasteiger partial charge in [0, 0.05) is 13.0 Å². The Labute approximate surface area is 79.8 Å². The van der Waals surface area contributed by atoms with Crippen molar-refractivity contribution in [3.8, 4) is 0 Å². The van der Waals surface area contributed by atoms with E-state index in [-0.39, 0.29) is 17.4 Å². The van der Waals surface area contributed by atoms with Crippen molar-refractivity contribution in [3.63, 3.8) is 0 Å². The van der Waals surface area contributed by atoms with Gasteiger partial charge in [0.05, 0.1) is 12.6 Å². The highest BCUT2D eigenvalue weighted by atomic mass is 16.5. The van der Waals surface area contributed by atoms with Crippen LogP contribution in [0, 0.1) is 5.41 Å². The topological polar surface area (TPSA) is 38.3 Å². The summed E-state index contributed by atoms with van der Waals surface area (Å²) >= 11 is 0. The molecule has 0 spiro atoms. The number of carbonyl (C=O) groups is 1. The first-order valence-electron chi connectivity index (χ1n) is 4.84. The van der Waals surface area contributed by atoms with Crippen LogP contribution >= 0.6 is 0 Å². The van der Waals surface area contributed by atoms with Gasteiger partial charge in [-0.05, 0) is 11.8 Å². The highest BCUT2D eigenvalue weighted by molar-refractivity contribution is 5.76. The lowest BCUT2D eigenvalue weighted by Gasteiger charge is -2.19. The third kappa shape index (κ3) is 4.27. The van der Waals surface area contributed by atoms with E-state index < -0.39 is 0 Å². The van der Waals surface area contributed by atoms with Gasteiger partial charge in [0.25, 0.3) is 0 Å². The standard InChI is InChI=1S/C10H19NO2/c1-10(2,3)6-9(12)11-8-4-5-13-7-8/h8H,4-7H2,1-3H3,(H,11,12). The highest BCUT2D eigenvalue weighted by Crippen LogP contribution is 2.18. The molecule has 0 aromatic rings. The molecule has 76 valence electrons. The first kappa shape index (κ1) is 10.5. The van der Waals surface area contributed by atoms with Gasteiger partial charge in [0.1, 0.15) is 0 Å². The predicted molar refractivity (Wildman–Crippen MR) is 51.4 cm³/mol. The van der Waals surface area contributed by atoms with E-state index in [1.54, 1.807) is 0 Å². The van der Waals surface area contributed by atoms with Crippen molar-refractivity contribution in [2.75, 3.05) is 13.2 Å². The molecular weight excluding hydrogens is 166 g/mol. The third-order valence-corrected chi connectivity index (χ3v) is 1.99. The van der Waals surface area contributed by atoms with Crippen LogP contribution in [0.2, 0.25) is 0 Å². The van der Waals surface area contributed by atoms with Gasteiger partial charge >= 0.3 is 0 Å². The Bertz CT molecular complexity index is 178. The minimum Gasteiger partial charge on any atom is -0.379 e. The summed E-state index contributed by atoms with van der Waals surface area (Å²) < 4.78 is 5.17. The molecule has 1 rings (SSSR count). The molecule has 1 atom stereocenters. The zero-order chi connectivity index (χ0) is 9.90. The molecule has 0 radical (unpaired) electrons. The van der Waals surface area contributed by atoms with Gasteiger partial charge in [-0.25, -0.2) is 0 Å². The number of rotatable bonds is 2. The summed E-state index contributed by atoms with van der Waals surface area (Å²) in [5.41, 5.74) is 0.0730. The van der Waals surface area contributed by atoms with E-state index in [0.717, 1.165) is 13.0 Å². The van der Waals surface area contributed by atoms with Crippen LogP contribution in [-0.4, -0.2) is 25.2 Å². The number of hydrogen-bond acceptors (Lipinski definition) is 2. The van der Waals surface area contributed by atoms with Crippen molar-refractivity contribution >= 4 is 5.91 Å². The minimum absolute atomic E-state index is 0.0730. The summed E-state index contributed by atoms with van der Waals surface area (Å²) in [4.78, 5) is 11.4. The van der Waals surface area contributed by atoms with Gasteiger partial charge in [0.2, 0.25) is 5.91 Å². The third-order valence-electron chi connectivity index (χ3n) is 1.99. The molecule has 1 aliphatic rings. The smallest absolute Gasteiger partial charge is 0.220 e. The normalized spacial score (nSPS) is 23.2.